The number of thiazole rings is 1. The molecule has 0 radical (unpaired) electrons. The minimum atomic E-state index is 0.391. The Morgan fingerprint density at radius 2 is 2.33 bits per heavy atom. The van der Waals surface area contributed by atoms with Crippen molar-refractivity contribution < 1.29 is 0 Å². The lowest BCUT2D eigenvalue weighted by Gasteiger charge is -1.96. The van der Waals surface area contributed by atoms with Crippen LogP contribution < -0.4 is 0 Å². The molecule has 1 heterocycles. The Labute approximate surface area is 92.8 Å². The molecule has 0 aliphatic rings. The van der Waals surface area contributed by atoms with Crippen LogP contribution in [0.25, 0.3) is 10.6 Å². The maximum Gasteiger partial charge on any atom is 0.123 e. The number of hydrogen-bond acceptors (Lipinski definition) is 3. The molecule has 0 spiro atoms. The van der Waals surface area contributed by atoms with Crippen LogP contribution in [0.2, 0.25) is 0 Å². The summed E-state index contributed by atoms with van der Waals surface area (Å²) >= 11 is 1.59. The van der Waals surface area contributed by atoms with Crippen LogP contribution in [0.4, 0.5) is 0 Å². The molecule has 0 unspecified atom stereocenters. The van der Waals surface area contributed by atoms with Crippen LogP contribution in [-0.2, 0) is 6.42 Å². The Morgan fingerprint density at radius 3 is 3.07 bits per heavy atom. The number of nitrogens with zero attached hydrogens (tertiary/aromatic N) is 2. The summed E-state index contributed by atoms with van der Waals surface area (Å²) < 4.78 is 0. The summed E-state index contributed by atoms with van der Waals surface area (Å²) in [7, 11) is 0. The molecule has 0 bridgehead atoms. The highest BCUT2D eigenvalue weighted by atomic mass is 32.1. The van der Waals surface area contributed by atoms with Gasteiger partial charge < -0.3 is 0 Å². The molecule has 3 heteroatoms. The fourth-order valence-electron chi connectivity index (χ4n) is 1.38. The van der Waals surface area contributed by atoms with Gasteiger partial charge in [0.2, 0.25) is 0 Å². The zero-order valence-corrected chi connectivity index (χ0v) is 9.21. The van der Waals surface area contributed by atoms with Gasteiger partial charge in [-0.15, -0.1) is 11.3 Å². The highest BCUT2D eigenvalue weighted by Crippen LogP contribution is 2.24. The van der Waals surface area contributed by atoms with Gasteiger partial charge in [0.1, 0.15) is 5.01 Å². The monoisotopic (exact) mass is 214 g/mol. The molecule has 0 aliphatic carbocycles. The van der Waals surface area contributed by atoms with Crippen molar-refractivity contribution in [3.63, 3.8) is 0 Å². The zero-order chi connectivity index (χ0) is 10.7. The van der Waals surface area contributed by atoms with Gasteiger partial charge >= 0.3 is 0 Å². The van der Waals surface area contributed by atoms with E-state index in [4.69, 9.17) is 5.26 Å². The molecule has 0 amide bonds. The van der Waals surface area contributed by atoms with E-state index in [2.05, 4.69) is 30.1 Å². The van der Waals surface area contributed by atoms with E-state index in [1.165, 1.54) is 5.56 Å². The van der Waals surface area contributed by atoms with E-state index in [9.17, 15) is 0 Å². The van der Waals surface area contributed by atoms with Crippen LogP contribution in [0.1, 0.15) is 11.3 Å². The lowest BCUT2D eigenvalue weighted by molar-refractivity contribution is 1.16. The first-order valence-electron chi connectivity index (χ1n) is 4.68. The maximum absolute atomic E-state index is 8.56. The minimum Gasteiger partial charge on any atom is -0.240 e. The quantitative estimate of drug-likeness (QED) is 0.769. The smallest absolute Gasteiger partial charge is 0.123 e. The predicted octanol–water partition coefficient (Wildman–Crippen LogP) is 3.18. The second kappa shape index (κ2) is 4.24. The van der Waals surface area contributed by atoms with Gasteiger partial charge in [0.25, 0.3) is 0 Å². The van der Waals surface area contributed by atoms with Crippen molar-refractivity contribution in [1.29, 1.82) is 5.26 Å². The average molecular weight is 214 g/mol. The molecule has 1 aromatic carbocycles. The summed E-state index contributed by atoms with van der Waals surface area (Å²) in [5.41, 5.74) is 3.22. The van der Waals surface area contributed by atoms with Crippen molar-refractivity contribution in [3.05, 3.63) is 40.9 Å². The molecular formula is C12H10N2S. The average Bonchev–Trinajstić information content (AvgIpc) is 2.67. The lowest BCUT2D eigenvalue weighted by atomic mass is 10.1. The lowest BCUT2D eigenvalue weighted by Crippen LogP contribution is -1.82. The van der Waals surface area contributed by atoms with Crippen molar-refractivity contribution in [3.8, 4) is 16.6 Å². The Kier molecular flexibility index (Phi) is 2.79. The number of aryl methyl sites for hydroxylation is 1. The van der Waals surface area contributed by atoms with Gasteiger partial charge in [0, 0.05) is 10.9 Å². The molecule has 0 N–H and O–H groups in total. The van der Waals surface area contributed by atoms with Crippen molar-refractivity contribution in [2.24, 2.45) is 0 Å². The Balaban J connectivity index is 2.34. The molecule has 2 nitrogen and oxygen atoms in total. The normalized spacial score (nSPS) is 9.87. The van der Waals surface area contributed by atoms with E-state index in [1.807, 2.05) is 17.5 Å². The Morgan fingerprint density at radius 1 is 1.47 bits per heavy atom. The molecule has 0 atom stereocenters. The van der Waals surface area contributed by atoms with E-state index in [0.29, 0.717) is 6.42 Å². The topological polar surface area (TPSA) is 36.7 Å². The first-order chi connectivity index (χ1) is 7.29. The highest BCUT2D eigenvalue weighted by molar-refractivity contribution is 7.13. The van der Waals surface area contributed by atoms with E-state index in [1.54, 1.807) is 11.3 Å². The summed E-state index contributed by atoms with van der Waals surface area (Å²) in [5, 5.41) is 11.5. The third-order valence-electron chi connectivity index (χ3n) is 2.08. The van der Waals surface area contributed by atoms with Crippen molar-refractivity contribution in [2.75, 3.05) is 0 Å². The van der Waals surface area contributed by atoms with Crippen LogP contribution in [-0.4, -0.2) is 4.98 Å². The number of benzene rings is 1. The zero-order valence-electron chi connectivity index (χ0n) is 8.40. The Hall–Kier alpha value is -1.66. The molecule has 0 fully saturated rings. The summed E-state index contributed by atoms with van der Waals surface area (Å²) in [4.78, 5) is 4.41. The molecule has 2 rings (SSSR count). The molecule has 1 aromatic heterocycles. The summed E-state index contributed by atoms with van der Waals surface area (Å²) in [6.45, 7) is 2.06. The molecule has 2 aromatic rings. The number of aromatic nitrogens is 1. The molecular weight excluding hydrogens is 204 g/mol. The van der Waals surface area contributed by atoms with Crippen LogP contribution in [0.5, 0.6) is 0 Å². The van der Waals surface area contributed by atoms with Gasteiger partial charge in [-0.25, -0.2) is 4.98 Å². The predicted molar refractivity (Wildman–Crippen MR) is 61.6 cm³/mol. The second-order valence-corrected chi connectivity index (χ2v) is 4.21. The molecule has 15 heavy (non-hydrogen) atoms. The van der Waals surface area contributed by atoms with Crippen LogP contribution in [0, 0.1) is 18.3 Å². The van der Waals surface area contributed by atoms with Gasteiger partial charge in [-0.1, -0.05) is 23.8 Å². The largest absolute Gasteiger partial charge is 0.240 e. The van der Waals surface area contributed by atoms with Crippen molar-refractivity contribution in [1.82, 2.24) is 4.98 Å². The third-order valence-corrected chi connectivity index (χ3v) is 3.02. The van der Waals surface area contributed by atoms with Crippen LogP contribution in [0.15, 0.2) is 29.6 Å². The van der Waals surface area contributed by atoms with Crippen molar-refractivity contribution >= 4 is 11.3 Å². The van der Waals surface area contributed by atoms with E-state index >= 15 is 0 Å². The number of hydrogen-bond donors (Lipinski definition) is 0. The van der Waals surface area contributed by atoms with E-state index in [0.717, 1.165) is 16.3 Å². The Bertz CT molecular complexity index is 508. The summed E-state index contributed by atoms with van der Waals surface area (Å²) in [6, 6.07) is 10.3. The van der Waals surface area contributed by atoms with Gasteiger partial charge in [0.15, 0.2) is 0 Å². The molecule has 0 saturated heterocycles. The van der Waals surface area contributed by atoms with Gasteiger partial charge in [-0.2, -0.15) is 5.26 Å². The maximum atomic E-state index is 8.56. The third kappa shape index (κ3) is 2.23. The van der Waals surface area contributed by atoms with Crippen molar-refractivity contribution in [2.45, 2.75) is 13.3 Å². The summed E-state index contributed by atoms with van der Waals surface area (Å²) in [5.74, 6) is 0. The first-order valence-corrected chi connectivity index (χ1v) is 5.56. The van der Waals surface area contributed by atoms with Gasteiger partial charge in [0.05, 0.1) is 18.2 Å². The second-order valence-electron chi connectivity index (χ2n) is 3.35. The molecule has 0 aliphatic heterocycles. The molecule has 0 saturated carbocycles. The molecule has 74 valence electrons. The van der Waals surface area contributed by atoms with Gasteiger partial charge in [-0.05, 0) is 13.0 Å². The fraction of sp³-hybridized carbons (Fsp3) is 0.167. The van der Waals surface area contributed by atoms with Crippen LogP contribution in [0.3, 0.4) is 0 Å². The number of nitriles is 1. The SMILES string of the molecule is Cc1cccc(-c2nc(CC#N)cs2)c1. The van der Waals surface area contributed by atoms with E-state index in [-0.39, 0.29) is 0 Å². The summed E-state index contributed by atoms with van der Waals surface area (Å²) in [6.07, 6.45) is 0.391. The number of rotatable bonds is 2. The first kappa shape index (κ1) is 9.88. The fourth-order valence-corrected chi connectivity index (χ4v) is 2.20. The minimum absolute atomic E-state index is 0.391. The van der Waals surface area contributed by atoms with Crippen LogP contribution >= 0.6 is 11.3 Å². The standard InChI is InChI=1S/C12H10N2S/c1-9-3-2-4-10(7-9)12-14-11(5-6-13)8-15-12/h2-4,7-8H,5H2,1H3. The highest BCUT2D eigenvalue weighted by Gasteiger charge is 2.03. The van der Waals surface area contributed by atoms with E-state index < -0.39 is 0 Å². The van der Waals surface area contributed by atoms with Gasteiger partial charge in [-0.3, -0.25) is 0 Å².